The van der Waals surface area contributed by atoms with Gasteiger partial charge in [0, 0.05) is 29.1 Å². The molecule has 1 aromatic heterocycles. The summed E-state index contributed by atoms with van der Waals surface area (Å²) < 4.78 is 0. The van der Waals surface area contributed by atoms with E-state index in [2.05, 4.69) is 48.4 Å². The summed E-state index contributed by atoms with van der Waals surface area (Å²) in [5.74, 6) is 0.855. The van der Waals surface area contributed by atoms with Gasteiger partial charge in [-0.3, -0.25) is 0 Å². The first-order chi connectivity index (χ1) is 10.3. The van der Waals surface area contributed by atoms with Gasteiger partial charge >= 0.3 is 0 Å². The van der Waals surface area contributed by atoms with Crippen molar-refractivity contribution in [3.05, 3.63) is 47.3 Å². The minimum Gasteiger partial charge on any atom is -0.310 e. The van der Waals surface area contributed by atoms with Gasteiger partial charge in [-0.1, -0.05) is 30.7 Å². The molecule has 1 aliphatic carbocycles. The van der Waals surface area contributed by atoms with E-state index in [0.717, 1.165) is 30.8 Å². The Balaban J connectivity index is 1.90. The molecule has 3 heteroatoms. The molecule has 21 heavy (non-hydrogen) atoms. The Kier molecular flexibility index (Phi) is 4.30. The lowest BCUT2D eigenvalue weighted by Crippen LogP contribution is -2.26. The van der Waals surface area contributed by atoms with E-state index < -0.39 is 0 Å². The van der Waals surface area contributed by atoms with Gasteiger partial charge in [-0.2, -0.15) is 0 Å². The molecule has 0 saturated heterocycles. The first-order valence-electron chi connectivity index (χ1n) is 7.94. The Labute approximate surface area is 126 Å². The maximum atomic E-state index is 4.83. The average molecular weight is 281 g/mol. The third-order valence-corrected chi connectivity index (χ3v) is 4.10. The first kappa shape index (κ1) is 14.2. The Hall–Kier alpha value is -1.74. The molecular formula is C18H23N3. The molecule has 1 N–H and O–H groups in total. The molecule has 0 bridgehead atoms. The van der Waals surface area contributed by atoms with Gasteiger partial charge in [0.15, 0.2) is 5.82 Å². The summed E-state index contributed by atoms with van der Waals surface area (Å²) in [6, 6.07) is 8.84. The van der Waals surface area contributed by atoms with Crippen molar-refractivity contribution in [3.63, 3.8) is 0 Å². The van der Waals surface area contributed by atoms with Crippen molar-refractivity contribution in [1.29, 1.82) is 0 Å². The van der Waals surface area contributed by atoms with Crippen LogP contribution < -0.4 is 5.32 Å². The van der Waals surface area contributed by atoms with Crippen LogP contribution in [0.25, 0.3) is 11.4 Å². The number of nitrogens with zero attached hydrogens (tertiary/aromatic N) is 2. The number of nitrogens with one attached hydrogen (secondary N) is 1. The number of aryl methyl sites for hydroxylation is 2. The third kappa shape index (κ3) is 3.13. The zero-order chi connectivity index (χ0) is 14.7. The number of rotatable bonds is 4. The highest BCUT2D eigenvalue weighted by atomic mass is 14.9. The Bertz CT molecular complexity index is 622. The van der Waals surface area contributed by atoms with Gasteiger partial charge in [-0.15, -0.1) is 0 Å². The fourth-order valence-electron chi connectivity index (χ4n) is 3.00. The predicted octanol–water partition coefficient (Wildman–Crippen LogP) is 3.83. The van der Waals surface area contributed by atoms with Crippen LogP contribution in [-0.4, -0.2) is 16.5 Å². The Morgan fingerprint density at radius 3 is 3.05 bits per heavy atom. The molecular weight excluding hydrogens is 258 g/mol. The number of aromatic nitrogens is 2. The van der Waals surface area contributed by atoms with Crippen molar-refractivity contribution < 1.29 is 0 Å². The molecule has 1 atom stereocenters. The fraction of sp³-hybridized carbons (Fsp3) is 0.444. The van der Waals surface area contributed by atoms with E-state index >= 15 is 0 Å². The fourth-order valence-corrected chi connectivity index (χ4v) is 3.00. The topological polar surface area (TPSA) is 37.8 Å². The monoisotopic (exact) mass is 281 g/mol. The van der Waals surface area contributed by atoms with Crippen LogP contribution in [0, 0.1) is 6.92 Å². The standard InChI is InChI=1S/C18H23N3/c1-3-10-19-16-8-5-9-17-15(16)12-20-18(21-17)14-7-4-6-13(2)11-14/h4,6-7,11-12,16,19H,3,5,8-10H2,1-2H3. The van der Waals surface area contributed by atoms with Crippen molar-refractivity contribution in [2.45, 2.75) is 45.6 Å². The van der Waals surface area contributed by atoms with Crippen molar-refractivity contribution in [1.82, 2.24) is 15.3 Å². The second-order valence-electron chi connectivity index (χ2n) is 5.86. The molecule has 1 unspecified atom stereocenters. The third-order valence-electron chi connectivity index (χ3n) is 4.10. The van der Waals surface area contributed by atoms with Crippen molar-refractivity contribution >= 4 is 0 Å². The molecule has 1 heterocycles. The highest BCUT2D eigenvalue weighted by molar-refractivity contribution is 5.56. The molecule has 0 fully saturated rings. The van der Waals surface area contributed by atoms with E-state index in [0.29, 0.717) is 6.04 Å². The van der Waals surface area contributed by atoms with E-state index in [1.54, 1.807) is 0 Å². The summed E-state index contributed by atoms with van der Waals surface area (Å²) in [7, 11) is 0. The van der Waals surface area contributed by atoms with Crippen LogP contribution in [0.5, 0.6) is 0 Å². The number of hydrogen-bond donors (Lipinski definition) is 1. The largest absolute Gasteiger partial charge is 0.310 e. The van der Waals surface area contributed by atoms with E-state index in [-0.39, 0.29) is 0 Å². The summed E-state index contributed by atoms with van der Waals surface area (Å²) in [4.78, 5) is 9.44. The minimum absolute atomic E-state index is 0.431. The summed E-state index contributed by atoms with van der Waals surface area (Å²) in [5, 5.41) is 3.62. The predicted molar refractivity (Wildman–Crippen MR) is 86.2 cm³/mol. The molecule has 0 aliphatic heterocycles. The highest BCUT2D eigenvalue weighted by Gasteiger charge is 2.21. The lowest BCUT2D eigenvalue weighted by Gasteiger charge is -2.25. The SMILES string of the molecule is CCCNC1CCCc2nc(-c3cccc(C)c3)ncc21. The molecule has 0 radical (unpaired) electrons. The molecule has 3 nitrogen and oxygen atoms in total. The van der Waals surface area contributed by atoms with Gasteiger partial charge in [-0.05, 0) is 45.2 Å². The maximum Gasteiger partial charge on any atom is 0.159 e. The second-order valence-corrected chi connectivity index (χ2v) is 5.86. The van der Waals surface area contributed by atoms with E-state index in [9.17, 15) is 0 Å². The average Bonchev–Trinajstić information content (AvgIpc) is 2.52. The molecule has 3 rings (SSSR count). The molecule has 0 amide bonds. The van der Waals surface area contributed by atoms with Crippen molar-refractivity contribution in [2.24, 2.45) is 0 Å². The van der Waals surface area contributed by atoms with Gasteiger partial charge in [0.1, 0.15) is 0 Å². The van der Waals surface area contributed by atoms with Crippen LogP contribution in [0.3, 0.4) is 0 Å². The van der Waals surface area contributed by atoms with E-state index in [1.807, 2.05) is 6.20 Å². The summed E-state index contributed by atoms with van der Waals surface area (Å²) >= 11 is 0. The lowest BCUT2D eigenvalue weighted by atomic mass is 9.92. The van der Waals surface area contributed by atoms with E-state index in [1.165, 1.54) is 29.7 Å². The van der Waals surface area contributed by atoms with Gasteiger partial charge in [0.05, 0.1) is 0 Å². The van der Waals surface area contributed by atoms with Crippen LogP contribution >= 0.6 is 0 Å². The second kappa shape index (κ2) is 6.35. The minimum atomic E-state index is 0.431. The molecule has 110 valence electrons. The first-order valence-corrected chi connectivity index (χ1v) is 7.94. The van der Waals surface area contributed by atoms with Crippen LogP contribution in [0.15, 0.2) is 30.5 Å². The van der Waals surface area contributed by atoms with Gasteiger partial charge < -0.3 is 5.32 Å². The summed E-state index contributed by atoms with van der Waals surface area (Å²) in [6.07, 6.45) is 6.67. The van der Waals surface area contributed by atoms with Gasteiger partial charge in [-0.25, -0.2) is 9.97 Å². The molecule has 1 aliphatic rings. The Morgan fingerprint density at radius 1 is 1.33 bits per heavy atom. The number of hydrogen-bond acceptors (Lipinski definition) is 3. The van der Waals surface area contributed by atoms with Crippen LogP contribution in [0.1, 0.15) is 49.0 Å². The molecule has 2 aromatic rings. The number of fused-ring (bicyclic) bond motifs is 1. The molecule has 0 saturated carbocycles. The maximum absolute atomic E-state index is 4.83. The van der Waals surface area contributed by atoms with Crippen LogP contribution in [-0.2, 0) is 6.42 Å². The zero-order valence-corrected chi connectivity index (χ0v) is 12.9. The number of benzene rings is 1. The summed E-state index contributed by atoms with van der Waals surface area (Å²) in [6.45, 7) is 5.37. The highest BCUT2D eigenvalue weighted by Crippen LogP contribution is 2.29. The van der Waals surface area contributed by atoms with Gasteiger partial charge in [0.2, 0.25) is 0 Å². The molecule has 0 spiro atoms. The smallest absolute Gasteiger partial charge is 0.159 e. The molecule has 1 aromatic carbocycles. The Morgan fingerprint density at radius 2 is 2.24 bits per heavy atom. The normalized spacial score (nSPS) is 17.5. The van der Waals surface area contributed by atoms with Crippen LogP contribution in [0.2, 0.25) is 0 Å². The van der Waals surface area contributed by atoms with Crippen molar-refractivity contribution in [3.8, 4) is 11.4 Å². The van der Waals surface area contributed by atoms with E-state index in [4.69, 9.17) is 4.98 Å². The summed E-state index contributed by atoms with van der Waals surface area (Å²) in [5.41, 5.74) is 4.88. The van der Waals surface area contributed by atoms with Gasteiger partial charge in [0.25, 0.3) is 0 Å². The zero-order valence-electron chi connectivity index (χ0n) is 12.9. The quantitative estimate of drug-likeness (QED) is 0.925. The lowest BCUT2D eigenvalue weighted by molar-refractivity contribution is 0.454. The van der Waals surface area contributed by atoms with Crippen LogP contribution in [0.4, 0.5) is 0 Å². The van der Waals surface area contributed by atoms with Crippen molar-refractivity contribution in [2.75, 3.05) is 6.54 Å².